The monoisotopic (exact) mass is 350 g/mol. The van der Waals surface area contributed by atoms with Gasteiger partial charge in [0.1, 0.15) is 0 Å². The van der Waals surface area contributed by atoms with Crippen LogP contribution in [0, 0.1) is 0 Å². The molecule has 24 heavy (non-hydrogen) atoms. The second kappa shape index (κ2) is 11.4. The van der Waals surface area contributed by atoms with E-state index in [4.69, 9.17) is 28.4 Å². The zero-order valence-electron chi connectivity index (χ0n) is 15.5. The van der Waals surface area contributed by atoms with Crippen molar-refractivity contribution in [2.75, 3.05) is 27.4 Å². The Bertz CT molecular complexity index is 350. The molecule has 0 rings (SSSR count). The third-order valence-corrected chi connectivity index (χ3v) is 3.16. The second-order valence-corrected chi connectivity index (χ2v) is 5.15. The fourth-order valence-corrected chi connectivity index (χ4v) is 1.84. The van der Waals surface area contributed by atoms with E-state index < -0.39 is 23.9 Å². The Morgan fingerprint density at radius 1 is 0.750 bits per heavy atom. The molecular weight excluding hydrogens is 320 g/mol. The van der Waals surface area contributed by atoms with Crippen molar-refractivity contribution in [3.8, 4) is 0 Å². The van der Waals surface area contributed by atoms with Crippen molar-refractivity contribution < 1.29 is 38.0 Å². The average Bonchev–Trinajstić information content (AvgIpc) is 2.52. The van der Waals surface area contributed by atoms with Crippen molar-refractivity contribution in [2.45, 2.75) is 65.3 Å². The zero-order valence-corrected chi connectivity index (χ0v) is 15.5. The first-order valence-corrected chi connectivity index (χ1v) is 8.06. The van der Waals surface area contributed by atoms with Gasteiger partial charge in [-0.3, -0.25) is 9.59 Å². The van der Waals surface area contributed by atoms with E-state index in [1.165, 1.54) is 28.1 Å². The van der Waals surface area contributed by atoms with Crippen LogP contribution in [0.5, 0.6) is 0 Å². The summed E-state index contributed by atoms with van der Waals surface area (Å²) in [6.45, 7) is 7.28. The van der Waals surface area contributed by atoms with Crippen molar-refractivity contribution in [1.82, 2.24) is 0 Å². The Morgan fingerprint density at radius 2 is 1.08 bits per heavy atom. The molecule has 2 atom stereocenters. The molecule has 0 N–H and O–H groups in total. The number of ether oxygens (including phenoxy) is 6. The standard InChI is InChI=1S/C16H30O8/c1-7-21-15(3,19-5)23-13(17)11-9-10-12-14(18)24-16(4,20-6)22-8-2/h7-12H2,1-6H3. The van der Waals surface area contributed by atoms with Gasteiger partial charge in [-0.15, -0.1) is 0 Å². The molecule has 0 saturated heterocycles. The normalized spacial score (nSPS) is 16.1. The number of rotatable bonds is 13. The van der Waals surface area contributed by atoms with Gasteiger partial charge in [0.05, 0.1) is 13.2 Å². The summed E-state index contributed by atoms with van der Waals surface area (Å²) in [5, 5.41) is 0. The predicted octanol–water partition coefficient (Wildman–Crippen LogP) is 2.35. The molecule has 0 spiro atoms. The third kappa shape index (κ3) is 9.17. The van der Waals surface area contributed by atoms with Gasteiger partial charge in [0.25, 0.3) is 0 Å². The molecule has 8 heteroatoms. The first kappa shape index (κ1) is 22.8. The van der Waals surface area contributed by atoms with E-state index in [0.717, 1.165) is 0 Å². The maximum Gasteiger partial charge on any atom is 0.326 e. The molecule has 0 heterocycles. The Kier molecular flexibility index (Phi) is 10.8. The molecule has 0 aliphatic rings. The first-order chi connectivity index (χ1) is 11.2. The summed E-state index contributed by atoms with van der Waals surface area (Å²) >= 11 is 0. The van der Waals surface area contributed by atoms with Crippen LogP contribution in [0.1, 0.15) is 53.4 Å². The summed E-state index contributed by atoms with van der Waals surface area (Å²) in [6, 6.07) is 0. The highest BCUT2D eigenvalue weighted by molar-refractivity contribution is 5.70. The highest BCUT2D eigenvalue weighted by Crippen LogP contribution is 2.17. The van der Waals surface area contributed by atoms with Crippen LogP contribution in [0.2, 0.25) is 0 Å². The molecule has 0 aromatic carbocycles. The molecule has 0 aromatic rings. The lowest BCUT2D eigenvalue weighted by atomic mass is 10.2. The van der Waals surface area contributed by atoms with Gasteiger partial charge in [0.15, 0.2) is 0 Å². The van der Waals surface area contributed by atoms with E-state index in [0.29, 0.717) is 26.1 Å². The predicted molar refractivity (Wildman–Crippen MR) is 84.7 cm³/mol. The van der Waals surface area contributed by atoms with Crippen LogP contribution in [-0.2, 0) is 38.0 Å². The summed E-state index contributed by atoms with van der Waals surface area (Å²) in [7, 11) is 2.79. The van der Waals surface area contributed by atoms with Crippen molar-refractivity contribution >= 4 is 11.9 Å². The summed E-state index contributed by atoms with van der Waals surface area (Å²) in [6.07, 6.45) is 1.23. The number of carbonyl (C=O) groups is 2. The van der Waals surface area contributed by atoms with Crippen LogP contribution in [0.15, 0.2) is 0 Å². The Morgan fingerprint density at radius 3 is 1.33 bits per heavy atom. The molecular formula is C16H30O8. The Balaban J connectivity index is 4.08. The summed E-state index contributed by atoms with van der Waals surface area (Å²) < 4.78 is 30.7. The lowest BCUT2D eigenvalue weighted by Gasteiger charge is -2.27. The fraction of sp³-hybridized carbons (Fsp3) is 0.875. The third-order valence-electron chi connectivity index (χ3n) is 3.16. The molecule has 142 valence electrons. The van der Waals surface area contributed by atoms with Gasteiger partial charge >= 0.3 is 23.9 Å². The van der Waals surface area contributed by atoms with Crippen molar-refractivity contribution in [3.05, 3.63) is 0 Å². The van der Waals surface area contributed by atoms with Crippen molar-refractivity contribution in [3.63, 3.8) is 0 Å². The van der Waals surface area contributed by atoms with Crippen LogP contribution in [0.25, 0.3) is 0 Å². The van der Waals surface area contributed by atoms with Gasteiger partial charge in [0.2, 0.25) is 0 Å². The van der Waals surface area contributed by atoms with Gasteiger partial charge in [-0.05, 0) is 26.7 Å². The molecule has 0 bridgehead atoms. The maximum absolute atomic E-state index is 11.8. The van der Waals surface area contributed by atoms with Crippen LogP contribution in [0.3, 0.4) is 0 Å². The molecule has 0 fully saturated rings. The molecule has 8 nitrogen and oxygen atoms in total. The molecule has 0 aliphatic heterocycles. The van der Waals surface area contributed by atoms with E-state index in [1.807, 2.05) is 0 Å². The van der Waals surface area contributed by atoms with Gasteiger partial charge in [-0.2, -0.15) is 0 Å². The van der Waals surface area contributed by atoms with Gasteiger partial charge in [-0.1, -0.05) is 0 Å². The minimum absolute atomic E-state index is 0.145. The van der Waals surface area contributed by atoms with Crippen LogP contribution >= 0.6 is 0 Å². The van der Waals surface area contributed by atoms with Crippen LogP contribution in [0.4, 0.5) is 0 Å². The minimum Gasteiger partial charge on any atom is -0.408 e. The first-order valence-electron chi connectivity index (χ1n) is 8.06. The zero-order chi connectivity index (χ0) is 18.6. The van der Waals surface area contributed by atoms with Gasteiger partial charge in [-0.25, -0.2) is 0 Å². The number of hydrogen-bond acceptors (Lipinski definition) is 8. The largest absolute Gasteiger partial charge is 0.408 e. The SMILES string of the molecule is CCOC(C)(OC)OC(=O)CCCCC(=O)OC(C)(OC)OCC. The van der Waals surface area contributed by atoms with E-state index in [1.54, 1.807) is 13.8 Å². The Labute approximate surface area is 143 Å². The topological polar surface area (TPSA) is 89.5 Å². The number of carbonyl (C=O) groups excluding carboxylic acids is 2. The average molecular weight is 350 g/mol. The maximum atomic E-state index is 11.8. The lowest BCUT2D eigenvalue weighted by molar-refractivity contribution is -0.342. The van der Waals surface area contributed by atoms with E-state index in [-0.39, 0.29) is 12.8 Å². The number of methoxy groups -OCH3 is 2. The molecule has 0 aromatic heterocycles. The summed E-state index contributed by atoms with van der Waals surface area (Å²) in [5.41, 5.74) is 0. The smallest absolute Gasteiger partial charge is 0.326 e. The number of esters is 2. The quantitative estimate of drug-likeness (QED) is 0.284. The van der Waals surface area contributed by atoms with Gasteiger partial charge in [0, 0.05) is 40.9 Å². The molecule has 0 aliphatic carbocycles. The summed E-state index contributed by atoms with van der Waals surface area (Å²) in [4.78, 5) is 23.5. The number of unbranched alkanes of at least 4 members (excludes halogenated alkanes) is 1. The second-order valence-electron chi connectivity index (χ2n) is 5.15. The minimum atomic E-state index is -1.39. The van der Waals surface area contributed by atoms with E-state index in [9.17, 15) is 9.59 Å². The van der Waals surface area contributed by atoms with Crippen molar-refractivity contribution in [1.29, 1.82) is 0 Å². The fourth-order valence-electron chi connectivity index (χ4n) is 1.84. The Hall–Kier alpha value is -1.22. The lowest BCUT2D eigenvalue weighted by Crippen LogP contribution is -2.37. The highest BCUT2D eigenvalue weighted by atomic mass is 16.9. The van der Waals surface area contributed by atoms with Crippen LogP contribution < -0.4 is 0 Å². The van der Waals surface area contributed by atoms with E-state index >= 15 is 0 Å². The molecule has 0 radical (unpaired) electrons. The summed E-state index contributed by atoms with van der Waals surface area (Å²) in [5.74, 6) is -3.69. The molecule has 0 amide bonds. The molecule has 2 unspecified atom stereocenters. The van der Waals surface area contributed by atoms with E-state index in [2.05, 4.69) is 0 Å². The molecule has 0 saturated carbocycles. The van der Waals surface area contributed by atoms with Crippen LogP contribution in [-0.4, -0.2) is 51.3 Å². The van der Waals surface area contributed by atoms with Gasteiger partial charge < -0.3 is 28.4 Å². The van der Waals surface area contributed by atoms with Crippen molar-refractivity contribution in [2.24, 2.45) is 0 Å². The number of hydrogen-bond donors (Lipinski definition) is 0. The highest BCUT2D eigenvalue weighted by Gasteiger charge is 2.30.